The Kier molecular flexibility index (Phi) is 5.44. The van der Waals surface area contributed by atoms with Crippen LogP contribution in [-0.4, -0.2) is 38.6 Å². The van der Waals surface area contributed by atoms with Gasteiger partial charge in [-0.15, -0.1) is 0 Å². The monoisotopic (exact) mass is 490 g/mol. The molecule has 0 aliphatic rings. The minimum absolute atomic E-state index is 0.746. The summed E-state index contributed by atoms with van der Waals surface area (Å²) in [4.78, 5) is 3.55. The van der Waals surface area contributed by atoms with Crippen LogP contribution >= 0.6 is 0 Å². The number of aromatic amines is 2. The third kappa shape index (κ3) is 4.20. The lowest BCUT2D eigenvalue weighted by Crippen LogP contribution is -2.49. The van der Waals surface area contributed by atoms with Gasteiger partial charge in [0.25, 0.3) is 0 Å². The maximum Gasteiger partial charge on any atom is 0.330 e. The van der Waals surface area contributed by atoms with E-state index in [0.717, 1.165) is 55.2 Å². The minimum Gasteiger partial charge on any atom is -0.456 e. The van der Waals surface area contributed by atoms with Gasteiger partial charge in [0, 0.05) is 10.8 Å². The first-order valence-corrected chi connectivity index (χ1v) is 12.4. The summed E-state index contributed by atoms with van der Waals surface area (Å²) in [5, 5.41) is 16.0. The van der Waals surface area contributed by atoms with E-state index in [2.05, 4.69) is 57.2 Å². The molecule has 0 atom stereocenters. The molecule has 0 aliphatic carbocycles. The highest BCUT2D eigenvalue weighted by molar-refractivity contribution is 6.47. The Morgan fingerprint density at radius 2 is 1.43 bits per heavy atom. The topological polar surface area (TPSA) is 79.1 Å². The van der Waals surface area contributed by atoms with Gasteiger partial charge in [-0.2, -0.15) is 0 Å². The molecule has 37 heavy (non-hydrogen) atoms. The van der Waals surface area contributed by atoms with Crippen molar-refractivity contribution in [3.05, 3.63) is 84.9 Å². The Balaban J connectivity index is 1.49. The molecule has 6 aromatic rings. The molecular formula is C30H29BN3O3. The molecule has 6 nitrogen and oxygen atoms in total. The van der Waals surface area contributed by atoms with Gasteiger partial charge < -0.3 is 19.2 Å². The SMILES string of the molecule is CC(C)(O)C(C)(C)O[B]c1ccc2oc3ccc(-n4[nH]c5ccccc5[nH]c5ccccc54)cc3c2c1. The van der Waals surface area contributed by atoms with Crippen LogP contribution in [0.3, 0.4) is 0 Å². The van der Waals surface area contributed by atoms with Crippen molar-refractivity contribution < 1.29 is 14.2 Å². The number of benzene rings is 4. The van der Waals surface area contributed by atoms with Gasteiger partial charge in [-0.1, -0.05) is 41.9 Å². The lowest BCUT2D eigenvalue weighted by atomic mass is 9.82. The van der Waals surface area contributed by atoms with Gasteiger partial charge in [0.1, 0.15) is 11.2 Å². The first kappa shape index (κ1) is 23.5. The van der Waals surface area contributed by atoms with E-state index >= 15 is 0 Å². The van der Waals surface area contributed by atoms with Gasteiger partial charge >= 0.3 is 7.48 Å². The predicted octanol–water partition coefficient (Wildman–Crippen LogP) is 6.27. The van der Waals surface area contributed by atoms with Gasteiger partial charge in [-0.3, -0.25) is 9.78 Å². The van der Waals surface area contributed by atoms with Crippen molar-refractivity contribution in [2.24, 2.45) is 0 Å². The quantitative estimate of drug-likeness (QED) is 0.249. The molecule has 2 heterocycles. The summed E-state index contributed by atoms with van der Waals surface area (Å²) in [5.41, 5.74) is 5.80. The highest BCUT2D eigenvalue weighted by Crippen LogP contribution is 2.31. The Morgan fingerprint density at radius 3 is 2.19 bits per heavy atom. The number of aliphatic hydroxyl groups is 1. The Labute approximate surface area is 215 Å². The second kappa shape index (κ2) is 8.58. The smallest absolute Gasteiger partial charge is 0.330 e. The molecule has 0 spiro atoms. The zero-order valence-corrected chi connectivity index (χ0v) is 21.4. The van der Waals surface area contributed by atoms with Crippen molar-refractivity contribution in [3.8, 4) is 5.69 Å². The molecule has 185 valence electrons. The molecule has 1 radical (unpaired) electrons. The summed E-state index contributed by atoms with van der Waals surface area (Å²) in [6, 6.07) is 28.6. The summed E-state index contributed by atoms with van der Waals surface area (Å²) < 4.78 is 14.2. The van der Waals surface area contributed by atoms with E-state index in [-0.39, 0.29) is 0 Å². The highest BCUT2D eigenvalue weighted by atomic mass is 16.5. The van der Waals surface area contributed by atoms with E-state index in [4.69, 9.17) is 9.07 Å². The number of furan rings is 1. The van der Waals surface area contributed by atoms with Gasteiger partial charge in [-0.25, -0.2) is 0 Å². The van der Waals surface area contributed by atoms with Crippen LogP contribution < -0.4 is 5.46 Å². The Morgan fingerprint density at radius 1 is 0.784 bits per heavy atom. The van der Waals surface area contributed by atoms with Crippen molar-refractivity contribution in [3.63, 3.8) is 0 Å². The molecule has 0 unspecified atom stereocenters. The summed E-state index contributed by atoms with van der Waals surface area (Å²) in [7, 11) is 1.70. The molecule has 3 N–H and O–H groups in total. The molecule has 0 saturated carbocycles. The minimum atomic E-state index is -0.991. The maximum absolute atomic E-state index is 10.4. The Bertz CT molecular complexity index is 1810. The van der Waals surface area contributed by atoms with Crippen LogP contribution in [0.1, 0.15) is 27.7 Å². The van der Waals surface area contributed by atoms with Crippen LogP contribution in [0.5, 0.6) is 0 Å². The van der Waals surface area contributed by atoms with Crippen LogP contribution in [0.4, 0.5) is 0 Å². The summed E-state index contributed by atoms with van der Waals surface area (Å²) in [6.45, 7) is 7.25. The van der Waals surface area contributed by atoms with Crippen LogP contribution in [-0.2, 0) is 4.65 Å². The van der Waals surface area contributed by atoms with Crippen molar-refractivity contribution >= 4 is 57.0 Å². The fourth-order valence-corrected chi connectivity index (χ4v) is 4.35. The molecule has 0 amide bonds. The van der Waals surface area contributed by atoms with Crippen molar-refractivity contribution in [2.45, 2.75) is 38.9 Å². The van der Waals surface area contributed by atoms with Crippen molar-refractivity contribution in [1.82, 2.24) is 14.8 Å². The second-order valence-corrected chi connectivity index (χ2v) is 10.5. The molecule has 0 saturated heterocycles. The maximum atomic E-state index is 10.4. The number of rotatable bonds is 5. The van der Waals surface area contributed by atoms with Crippen molar-refractivity contribution in [1.29, 1.82) is 0 Å². The Hall–Kier alpha value is -3.94. The van der Waals surface area contributed by atoms with Gasteiger partial charge in [0.15, 0.2) is 0 Å². The molecule has 4 aromatic carbocycles. The number of para-hydroxylation sites is 4. The van der Waals surface area contributed by atoms with Crippen LogP contribution in [0.2, 0.25) is 0 Å². The summed E-state index contributed by atoms with van der Waals surface area (Å²) >= 11 is 0. The average Bonchev–Trinajstić information content (AvgIpc) is 3.14. The zero-order chi connectivity index (χ0) is 25.8. The molecule has 0 bridgehead atoms. The van der Waals surface area contributed by atoms with E-state index in [1.807, 2.05) is 56.3 Å². The molecule has 2 aromatic heterocycles. The summed E-state index contributed by atoms with van der Waals surface area (Å²) in [5.74, 6) is 0. The highest BCUT2D eigenvalue weighted by Gasteiger charge is 2.35. The first-order chi connectivity index (χ1) is 17.7. The average molecular weight is 490 g/mol. The van der Waals surface area contributed by atoms with Gasteiger partial charge in [0.2, 0.25) is 0 Å². The van der Waals surface area contributed by atoms with Gasteiger partial charge in [0.05, 0.1) is 39.0 Å². The molecule has 7 heteroatoms. The van der Waals surface area contributed by atoms with Crippen LogP contribution in [0, 0.1) is 0 Å². The predicted molar refractivity (Wildman–Crippen MR) is 151 cm³/mol. The fraction of sp³-hybridized carbons (Fsp3) is 0.200. The molecular weight excluding hydrogens is 461 g/mol. The third-order valence-corrected chi connectivity index (χ3v) is 7.27. The molecule has 0 fully saturated rings. The zero-order valence-electron chi connectivity index (χ0n) is 21.4. The largest absolute Gasteiger partial charge is 0.456 e. The standard InChI is InChI=1S/C30H29BN3O3/c1-29(2,35)30(3,4)37-31-19-13-15-27-21(17-19)22-18-20(14-16-28(22)36-27)34-26-12-8-7-11-25(26)32-23-9-5-6-10-24(23)33-34/h5-18,32-33,35H,1-4H3. The fourth-order valence-electron chi connectivity index (χ4n) is 4.35. The van der Waals surface area contributed by atoms with Crippen LogP contribution in [0.25, 0.3) is 49.7 Å². The molecule has 0 aliphatic heterocycles. The van der Waals surface area contributed by atoms with E-state index < -0.39 is 11.2 Å². The number of hydrogen-bond acceptors (Lipinski definition) is 3. The molecule has 6 rings (SSSR count). The first-order valence-electron chi connectivity index (χ1n) is 12.4. The van der Waals surface area contributed by atoms with E-state index in [9.17, 15) is 5.11 Å². The number of hydrogen-bond donors (Lipinski definition) is 3. The summed E-state index contributed by atoms with van der Waals surface area (Å²) in [6.07, 6.45) is 0. The number of fused-ring (bicyclic) bond motifs is 5. The van der Waals surface area contributed by atoms with E-state index in [0.29, 0.717) is 0 Å². The number of nitrogens with zero attached hydrogens (tertiary/aromatic N) is 1. The third-order valence-electron chi connectivity index (χ3n) is 7.27. The van der Waals surface area contributed by atoms with Crippen LogP contribution in [0.15, 0.2) is 89.3 Å². The second-order valence-electron chi connectivity index (χ2n) is 10.5. The lowest BCUT2D eigenvalue weighted by molar-refractivity contribution is -0.0893. The van der Waals surface area contributed by atoms with Crippen molar-refractivity contribution in [2.75, 3.05) is 0 Å². The van der Waals surface area contributed by atoms with Gasteiger partial charge in [-0.05, 0) is 76.2 Å². The number of aromatic nitrogens is 3. The number of H-pyrrole nitrogens is 2. The van der Waals surface area contributed by atoms with E-state index in [1.165, 1.54) is 0 Å². The normalized spacial score (nSPS) is 12.6. The van der Waals surface area contributed by atoms with E-state index in [1.54, 1.807) is 21.3 Å². The lowest BCUT2D eigenvalue weighted by Gasteiger charge is -2.37. The number of nitrogens with one attached hydrogen (secondary N) is 2.